The smallest absolute Gasteiger partial charge is 0.295 e. The summed E-state index contributed by atoms with van der Waals surface area (Å²) in [6.07, 6.45) is 1.28. The highest BCUT2D eigenvalue weighted by molar-refractivity contribution is 6.19. The molecule has 4 rings (SSSR count). The van der Waals surface area contributed by atoms with Crippen LogP contribution in [0.5, 0.6) is 0 Å². The Balaban J connectivity index is 1.90. The number of non-ortho nitro benzene ring substituents is 1. The number of benzene rings is 1. The Kier molecular flexibility index (Phi) is 4.23. The van der Waals surface area contributed by atoms with Crippen molar-refractivity contribution in [1.29, 1.82) is 0 Å². The van der Waals surface area contributed by atoms with Crippen LogP contribution >= 0.6 is 0 Å². The number of Topliss-reactive ketones (excluding diaryl/α,β-unsaturated/α-hetero) is 1. The van der Waals surface area contributed by atoms with E-state index >= 15 is 0 Å². The minimum atomic E-state index is -1.16. The topological polar surface area (TPSA) is 140 Å². The monoisotopic (exact) mass is 395 g/mol. The zero-order valence-corrected chi connectivity index (χ0v) is 14.9. The minimum absolute atomic E-state index is 0.0535. The van der Waals surface area contributed by atoms with Crippen molar-refractivity contribution in [2.45, 2.75) is 13.0 Å². The number of aliphatic hydroxyl groups is 1. The lowest BCUT2D eigenvalue weighted by atomic mass is 9.94. The number of hydrogen-bond donors (Lipinski definition) is 1. The largest absolute Gasteiger partial charge is 0.503 e. The van der Waals surface area contributed by atoms with Gasteiger partial charge in [-0.3, -0.25) is 24.6 Å². The first kappa shape index (κ1) is 18.2. The third kappa shape index (κ3) is 2.96. The van der Waals surface area contributed by atoms with Gasteiger partial charge in [-0.25, -0.2) is 0 Å². The Morgan fingerprint density at radius 3 is 2.69 bits per heavy atom. The van der Waals surface area contributed by atoms with Crippen LogP contribution < -0.4 is 4.90 Å². The van der Waals surface area contributed by atoms with E-state index in [1.54, 1.807) is 6.92 Å². The fourth-order valence-electron chi connectivity index (χ4n) is 3.20. The maximum Gasteiger partial charge on any atom is 0.295 e. The van der Waals surface area contributed by atoms with E-state index in [-0.39, 0.29) is 28.4 Å². The Morgan fingerprint density at radius 1 is 1.28 bits per heavy atom. The number of carbonyl (C=O) groups is 2. The lowest BCUT2D eigenvalue weighted by Crippen LogP contribution is -2.31. The van der Waals surface area contributed by atoms with Gasteiger partial charge in [0.2, 0.25) is 5.78 Å². The van der Waals surface area contributed by atoms with Crippen molar-refractivity contribution < 1.29 is 28.6 Å². The SMILES string of the molecule is Cc1cc(N2C(=O)C(O)=C(C(=O)c3ccco3)[C@H]2c2cccc([N+](=O)[O-])c2)no1. The third-order valence-corrected chi connectivity index (χ3v) is 4.46. The van der Waals surface area contributed by atoms with Crippen LogP contribution in [0.1, 0.15) is 27.9 Å². The standard InChI is InChI=1S/C19H13N3O7/c1-10-8-14(20-29-10)21-16(11-4-2-5-12(9-11)22(26)27)15(18(24)19(21)25)17(23)13-6-3-7-28-13/h2-9,16,24H,1H3/t16-/m1/s1. The number of anilines is 1. The lowest BCUT2D eigenvalue weighted by Gasteiger charge is -2.24. The van der Waals surface area contributed by atoms with E-state index in [9.17, 15) is 24.8 Å². The number of nitro groups is 1. The van der Waals surface area contributed by atoms with E-state index in [1.807, 2.05) is 0 Å². The molecule has 1 amide bonds. The molecule has 2 aromatic heterocycles. The summed E-state index contributed by atoms with van der Waals surface area (Å²) in [6, 6.07) is 8.62. The molecule has 0 unspecified atom stereocenters. The average Bonchev–Trinajstić information content (AvgIpc) is 3.43. The zero-order valence-electron chi connectivity index (χ0n) is 14.9. The number of hydrogen-bond acceptors (Lipinski definition) is 8. The molecule has 0 bridgehead atoms. The molecule has 1 aliphatic heterocycles. The molecule has 0 fully saturated rings. The maximum atomic E-state index is 13.0. The van der Waals surface area contributed by atoms with Gasteiger partial charge in [0.05, 0.1) is 22.8 Å². The molecule has 146 valence electrons. The summed E-state index contributed by atoms with van der Waals surface area (Å²) in [6.45, 7) is 1.61. The van der Waals surface area contributed by atoms with Gasteiger partial charge >= 0.3 is 0 Å². The molecule has 0 aliphatic carbocycles. The van der Waals surface area contributed by atoms with Crippen molar-refractivity contribution in [2.75, 3.05) is 4.90 Å². The van der Waals surface area contributed by atoms with E-state index < -0.39 is 28.4 Å². The van der Waals surface area contributed by atoms with Crippen LogP contribution in [0.2, 0.25) is 0 Å². The highest BCUT2D eigenvalue weighted by Crippen LogP contribution is 2.42. The molecule has 0 saturated heterocycles. The van der Waals surface area contributed by atoms with Crippen LogP contribution in [0.25, 0.3) is 0 Å². The fraction of sp³-hybridized carbons (Fsp3) is 0.105. The number of aryl methyl sites for hydroxylation is 1. The molecular formula is C19H13N3O7. The van der Waals surface area contributed by atoms with Crippen molar-refractivity contribution >= 4 is 23.2 Å². The Labute approximate surface area is 162 Å². The summed E-state index contributed by atoms with van der Waals surface area (Å²) in [5.41, 5.74) is -0.263. The summed E-state index contributed by atoms with van der Waals surface area (Å²) in [4.78, 5) is 37.5. The maximum absolute atomic E-state index is 13.0. The van der Waals surface area contributed by atoms with Crippen molar-refractivity contribution in [2.24, 2.45) is 0 Å². The van der Waals surface area contributed by atoms with Crippen LogP contribution in [-0.2, 0) is 4.79 Å². The molecule has 1 aliphatic rings. The van der Waals surface area contributed by atoms with Crippen molar-refractivity contribution in [1.82, 2.24) is 5.16 Å². The fourth-order valence-corrected chi connectivity index (χ4v) is 3.20. The Hall–Kier alpha value is -4.21. The van der Waals surface area contributed by atoms with Crippen LogP contribution in [0.15, 0.2) is 69.0 Å². The van der Waals surface area contributed by atoms with E-state index in [2.05, 4.69) is 5.16 Å². The molecule has 3 heterocycles. The molecule has 10 heteroatoms. The van der Waals surface area contributed by atoms with Gasteiger partial charge in [-0.15, -0.1) is 0 Å². The first-order valence-corrected chi connectivity index (χ1v) is 8.41. The first-order valence-electron chi connectivity index (χ1n) is 8.41. The van der Waals surface area contributed by atoms with Gasteiger partial charge in [0.25, 0.3) is 11.6 Å². The van der Waals surface area contributed by atoms with Crippen LogP contribution in [0.3, 0.4) is 0 Å². The summed E-state index contributed by atoms with van der Waals surface area (Å²) < 4.78 is 10.1. The molecule has 3 aromatic rings. The van der Waals surface area contributed by atoms with Gasteiger partial charge in [0, 0.05) is 18.2 Å². The van der Waals surface area contributed by atoms with E-state index in [1.165, 1.54) is 48.7 Å². The molecule has 0 radical (unpaired) electrons. The highest BCUT2D eigenvalue weighted by atomic mass is 16.6. The molecule has 10 nitrogen and oxygen atoms in total. The lowest BCUT2D eigenvalue weighted by molar-refractivity contribution is -0.384. The molecule has 0 spiro atoms. The van der Waals surface area contributed by atoms with Crippen molar-refractivity contribution in [3.05, 3.63) is 87.3 Å². The summed E-state index contributed by atoms with van der Waals surface area (Å²) in [7, 11) is 0. The third-order valence-electron chi connectivity index (χ3n) is 4.46. The summed E-state index contributed by atoms with van der Waals surface area (Å²) >= 11 is 0. The average molecular weight is 395 g/mol. The van der Waals surface area contributed by atoms with Gasteiger partial charge in [0.15, 0.2) is 17.3 Å². The second-order valence-corrected chi connectivity index (χ2v) is 6.29. The van der Waals surface area contributed by atoms with Gasteiger partial charge < -0.3 is 14.0 Å². The Bertz CT molecular complexity index is 1160. The van der Waals surface area contributed by atoms with Crippen LogP contribution in [0, 0.1) is 17.0 Å². The normalized spacial score (nSPS) is 16.5. The first-order chi connectivity index (χ1) is 13.9. The predicted octanol–water partition coefficient (Wildman–Crippen LogP) is 3.27. The van der Waals surface area contributed by atoms with E-state index in [0.717, 1.165) is 4.90 Å². The second-order valence-electron chi connectivity index (χ2n) is 6.29. The molecular weight excluding hydrogens is 382 g/mol. The van der Waals surface area contributed by atoms with Crippen molar-refractivity contribution in [3.8, 4) is 0 Å². The number of nitrogens with zero attached hydrogens (tertiary/aromatic N) is 3. The van der Waals surface area contributed by atoms with Gasteiger partial charge in [-0.05, 0) is 24.6 Å². The molecule has 0 saturated carbocycles. The van der Waals surface area contributed by atoms with Crippen molar-refractivity contribution in [3.63, 3.8) is 0 Å². The highest BCUT2D eigenvalue weighted by Gasteiger charge is 2.46. The number of ketones is 1. The number of furan rings is 1. The number of amides is 1. The number of carbonyl (C=O) groups excluding carboxylic acids is 2. The van der Waals surface area contributed by atoms with Gasteiger partial charge in [0.1, 0.15) is 5.76 Å². The number of aliphatic hydroxyl groups excluding tert-OH is 1. The van der Waals surface area contributed by atoms with Crippen LogP contribution in [-0.4, -0.2) is 26.9 Å². The second kappa shape index (κ2) is 6.75. The summed E-state index contributed by atoms with van der Waals surface area (Å²) in [5.74, 6) is -2.03. The Morgan fingerprint density at radius 2 is 2.07 bits per heavy atom. The van der Waals surface area contributed by atoms with Crippen LogP contribution in [0.4, 0.5) is 11.5 Å². The number of aromatic nitrogens is 1. The van der Waals surface area contributed by atoms with Gasteiger partial charge in [-0.2, -0.15) is 0 Å². The quantitative estimate of drug-likeness (QED) is 0.394. The predicted molar refractivity (Wildman–Crippen MR) is 97.3 cm³/mol. The minimum Gasteiger partial charge on any atom is -0.503 e. The summed E-state index contributed by atoms with van der Waals surface area (Å²) in [5, 5.41) is 25.5. The van der Waals surface area contributed by atoms with Gasteiger partial charge in [-0.1, -0.05) is 17.3 Å². The van der Waals surface area contributed by atoms with E-state index in [4.69, 9.17) is 8.94 Å². The molecule has 1 N–H and O–H groups in total. The number of nitro benzene ring substituents is 1. The molecule has 1 atom stereocenters. The van der Waals surface area contributed by atoms with E-state index in [0.29, 0.717) is 5.76 Å². The molecule has 29 heavy (non-hydrogen) atoms. The zero-order chi connectivity index (χ0) is 20.7. The number of rotatable bonds is 5. The molecule has 1 aromatic carbocycles.